The summed E-state index contributed by atoms with van der Waals surface area (Å²) >= 11 is 0. The van der Waals surface area contributed by atoms with Crippen LogP contribution in [0, 0.1) is 0 Å². The van der Waals surface area contributed by atoms with Gasteiger partial charge in [-0.05, 0) is 29.8 Å². The number of nitrogens with zero attached hydrogens (tertiary/aromatic N) is 3. The van der Waals surface area contributed by atoms with Gasteiger partial charge < -0.3 is 19.7 Å². The fourth-order valence-electron chi connectivity index (χ4n) is 4.09. The van der Waals surface area contributed by atoms with Gasteiger partial charge in [0.1, 0.15) is 5.75 Å². The van der Waals surface area contributed by atoms with Gasteiger partial charge in [-0.15, -0.1) is 0 Å². The number of carbonyl (C=O) groups is 1. The minimum Gasteiger partial charge on any atom is -0.497 e. The largest absolute Gasteiger partial charge is 0.497 e. The van der Waals surface area contributed by atoms with Crippen LogP contribution in [0.4, 0.5) is 11.4 Å². The Balaban J connectivity index is 1.21. The molecule has 1 amide bonds. The number of morpholine rings is 1. The molecule has 2 fully saturated rings. The van der Waals surface area contributed by atoms with Crippen LogP contribution >= 0.6 is 0 Å². The molecule has 0 radical (unpaired) electrons. The molecule has 0 saturated carbocycles. The Morgan fingerprint density at radius 2 is 1.71 bits per heavy atom. The highest BCUT2D eigenvalue weighted by atomic mass is 16.5. The first-order chi connectivity index (χ1) is 15.2. The highest BCUT2D eigenvalue weighted by molar-refractivity contribution is 5.92. The first-order valence-corrected chi connectivity index (χ1v) is 11.0. The lowest BCUT2D eigenvalue weighted by molar-refractivity contribution is -0.117. The lowest BCUT2D eigenvalue weighted by atomic mass is 10.2. The van der Waals surface area contributed by atoms with Crippen molar-refractivity contribution in [3.8, 4) is 5.75 Å². The number of nitrogens with one attached hydrogen (secondary N) is 1. The Hall–Kier alpha value is -2.61. The highest BCUT2D eigenvalue weighted by Gasteiger charge is 2.19. The number of carbonyl (C=O) groups excluding carboxylic acids is 1. The molecule has 0 aliphatic carbocycles. The summed E-state index contributed by atoms with van der Waals surface area (Å²) in [6.45, 7) is 8.44. The van der Waals surface area contributed by atoms with Crippen molar-refractivity contribution >= 4 is 17.3 Å². The number of methoxy groups -OCH3 is 1. The molecule has 7 nitrogen and oxygen atoms in total. The summed E-state index contributed by atoms with van der Waals surface area (Å²) < 4.78 is 10.7. The number of piperazine rings is 1. The molecule has 0 atom stereocenters. The van der Waals surface area contributed by atoms with Crippen molar-refractivity contribution in [3.63, 3.8) is 0 Å². The van der Waals surface area contributed by atoms with Crippen molar-refractivity contribution in [2.24, 2.45) is 0 Å². The van der Waals surface area contributed by atoms with Gasteiger partial charge in [-0.2, -0.15) is 0 Å². The van der Waals surface area contributed by atoms with Gasteiger partial charge in [0.05, 0.1) is 26.9 Å². The van der Waals surface area contributed by atoms with E-state index in [1.807, 2.05) is 24.3 Å². The maximum Gasteiger partial charge on any atom is 0.238 e. The van der Waals surface area contributed by atoms with Crippen molar-refractivity contribution in [2.75, 3.05) is 76.4 Å². The zero-order chi connectivity index (χ0) is 21.5. The van der Waals surface area contributed by atoms with Gasteiger partial charge in [0.25, 0.3) is 0 Å². The fraction of sp³-hybridized carbons (Fsp3) is 0.458. The number of anilines is 2. The molecule has 7 heteroatoms. The average Bonchev–Trinajstić information content (AvgIpc) is 2.81. The average molecular weight is 425 g/mol. The third-order valence-corrected chi connectivity index (χ3v) is 5.91. The van der Waals surface area contributed by atoms with E-state index in [1.54, 1.807) is 7.11 Å². The van der Waals surface area contributed by atoms with E-state index in [9.17, 15) is 4.79 Å². The number of hydrogen-bond acceptors (Lipinski definition) is 6. The molecule has 2 aromatic rings. The number of amides is 1. The van der Waals surface area contributed by atoms with Crippen molar-refractivity contribution in [3.05, 3.63) is 54.1 Å². The SMILES string of the molecule is COc1cccc(N2CCN(CC(=O)Nc3ccc(CN4CCOCC4)cc3)CC2)c1. The lowest BCUT2D eigenvalue weighted by Crippen LogP contribution is -2.48. The Kier molecular flexibility index (Phi) is 7.40. The van der Waals surface area contributed by atoms with Gasteiger partial charge in [0.15, 0.2) is 0 Å². The van der Waals surface area contributed by atoms with Crippen LogP contribution in [0.25, 0.3) is 0 Å². The van der Waals surface area contributed by atoms with E-state index in [-0.39, 0.29) is 5.91 Å². The summed E-state index contributed by atoms with van der Waals surface area (Å²) in [4.78, 5) is 19.4. The number of benzene rings is 2. The maximum absolute atomic E-state index is 12.5. The van der Waals surface area contributed by atoms with Crippen molar-refractivity contribution in [1.29, 1.82) is 0 Å². The predicted octanol–water partition coefficient (Wildman–Crippen LogP) is 2.29. The summed E-state index contributed by atoms with van der Waals surface area (Å²) in [5.74, 6) is 0.908. The van der Waals surface area contributed by atoms with Gasteiger partial charge in [-0.3, -0.25) is 14.6 Å². The first kappa shape index (κ1) is 21.6. The minimum absolute atomic E-state index is 0.0377. The zero-order valence-corrected chi connectivity index (χ0v) is 18.3. The smallest absolute Gasteiger partial charge is 0.238 e. The summed E-state index contributed by atoms with van der Waals surface area (Å²) in [7, 11) is 1.69. The van der Waals surface area contributed by atoms with E-state index >= 15 is 0 Å². The van der Waals surface area contributed by atoms with Gasteiger partial charge in [-0.25, -0.2) is 0 Å². The number of rotatable bonds is 7. The second kappa shape index (κ2) is 10.6. The first-order valence-electron chi connectivity index (χ1n) is 11.0. The summed E-state index contributed by atoms with van der Waals surface area (Å²) in [6.07, 6.45) is 0. The van der Waals surface area contributed by atoms with Crippen molar-refractivity contribution in [2.45, 2.75) is 6.54 Å². The standard InChI is InChI=1S/C24H32N4O3/c1-30-23-4-2-3-22(17-23)28-11-9-26(10-12-28)19-24(29)25-21-7-5-20(6-8-21)18-27-13-15-31-16-14-27/h2-8,17H,9-16,18-19H2,1H3,(H,25,29). The van der Waals surface area contributed by atoms with Crippen LogP contribution in [0.15, 0.2) is 48.5 Å². The molecule has 2 saturated heterocycles. The summed E-state index contributed by atoms with van der Waals surface area (Å²) in [6, 6.07) is 16.3. The van der Waals surface area contributed by atoms with Crippen LogP contribution in [-0.2, 0) is 16.1 Å². The Labute approximate surface area is 184 Å². The second-order valence-electron chi connectivity index (χ2n) is 8.10. The van der Waals surface area contributed by atoms with Crippen LogP contribution in [0.1, 0.15) is 5.56 Å². The van der Waals surface area contributed by atoms with Crippen molar-refractivity contribution < 1.29 is 14.3 Å². The summed E-state index contributed by atoms with van der Waals surface area (Å²) in [5.41, 5.74) is 3.28. The Morgan fingerprint density at radius 1 is 0.968 bits per heavy atom. The van der Waals surface area contributed by atoms with E-state index in [2.05, 4.69) is 44.3 Å². The second-order valence-corrected chi connectivity index (χ2v) is 8.10. The van der Waals surface area contributed by atoms with Crippen LogP contribution in [-0.4, -0.2) is 81.8 Å². The van der Waals surface area contributed by atoms with Crippen molar-refractivity contribution in [1.82, 2.24) is 9.80 Å². The van der Waals surface area contributed by atoms with Crippen LogP contribution in [0.2, 0.25) is 0 Å². The van der Waals surface area contributed by atoms with Crippen LogP contribution in [0.5, 0.6) is 5.75 Å². The molecule has 0 unspecified atom stereocenters. The molecule has 0 spiro atoms. The van der Waals surface area contributed by atoms with Gasteiger partial charge in [0.2, 0.25) is 5.91 Å². The quantitative estimate of drug-likeness (QED) is 0.736. The van der Waals surface area contributed by atoms with E-state index < -0.39 is 0 Å². The number of hydrogen-bond donors (Lipinski definition) is 1. The molecule has 1 N–H and O–H groups in total. The molecule has 2 aliphatic rings. The number of ether oxygens (including phenoxy) is 2. The molecule has 166 valence electrons. The molecule has 0 bridgehead atoms. The van der Waals surface area contributed by atoms with E-state index in [0.717, 1.165) is 70.5 Å². The zero-order valence-electron chi connectivity index (χ0n) is 18.3. The van der Waals surface area contributed by atoms with E-state index in [4.69, 9.17) is 9.47 Å². The molecule has 31 heavy (non-hydrogen) atoms. The molecule has 0 aromatic heterocycles. The van der Waals surface area contributed by atoms with E-state index in [0.29, 0.717) is 6.54 Å². The molecule has 2 aromatic carbocycles. The van der Waals surface area contributed by atoms with Gasteiger partial charge in [-0.1, -0.05) is 18.2 Å². The molecular formula is C24H32N4O3. The molecule has 2 aliphatic heterocycles. The summed E-state index contributed by atoms with van der Waals surface area (Å²) in [5, 5.41) is 3.03. The fourth-order valence-corrected chi connectivity index (χ4v) is 4.09. The molecule has 4 rings (SSSR count). The van der Waals surface area contributed by atoms with Crippen LogP contribution < -0.4 is 15.0 Å². The predicted molar refractivity (Wildman–Crippen MR) is 123 cm³/mol. The topological polar surface area (TPSA) is 57.3 Å². The van der Waals surface area contributed by atoms with Gasteiger partial charge in [0, 0.05) is 63.3 Å². The lowest BCUT2D eigenvalue weighted by Gasteiger charge is -2.35. The third kappa shape index (κ3) is 6.19. The van der Waals surface area contributed by atoms with Gasteiger partial charge >= 0.3 is 0 Å². The van der Waals surface area contributed by atoms with Crippen LogP contribution in [0.3, 0.4) is 0 Å². The van der Waals surface area contributed by atoms with E-state index in [1.165, 1.54) is 11.3 Å². The third-order valence-electron chi connectivity index (χ3n) is 5.91. The Morgan fingerprint density at radius 3 is 2.42 bits per heavy atom. The Bertz CT molecular complexity index is 844. The minimum atomic E-state index is 0.0377. The normalized spacial score (nSPS) is 18.0. The highest BCUT2D eigenvalue weighted by Crippen LogP contribution is 2.22. The maximum atomic E-state index is 12.5. The monoisotopic (exact) mass is 424 g/mol. The molecule has 2 heterocycles. The molecular weight excluding hydrogens is 392 g/mol.